The third-order valence-corrected chi connectivity index (χ3v) is 3.19. The maximum Gasteiger partial charge on any atom is 0.416 e. The number of nitrogens with zero attached hydrogens (tertiary/aromatic N) is 1. The topological polar surface area (TPSA) is 80.4 Å². The second-order valence-corrected chi connectivity index (χ2v) is 4.75. The molecule has 0 unspecified atom stereocenters. The number of carboxylic acid groups (broad SMARTS) is 1. The second kappa shape index (κ2) is 6.53. The molecule has 2 aromatic rings. The molecule has 0 radical (unpaired) electrons. The molecule has 0 aliphatic rings. The molecule has 0 fully saturated rings. The van der Waals surface area contributed by atoms with Gasteiger partial charge in [-0.05, 0) is 29.8 Å². The number of aliphatic carboxylic acids is 1. The van der Waals surface area contributed by atoms with Crippen molar-refractivity contribution in [2.45, 2.75) is 6.18 Å². The van der Waals surface area contributed by atoms with Gasteiger partial charge in [-0.3, -0.25) is 10.1 Å². The predicted molar refractivity (Wildman–Crippen MR) is 80.0 cm³/mol. The number of benzene rings is 2. The van der Waals surface area contributed by atoms with E-state index >= 15 is 0 Å². The number of halogens is 3. The fourth-order valence-corrected chi connectivity index (χ4v) is 2.04. The van der Waals surface area contributed by atoms with Crippen molar-refractivity contribution >= 4 is 23.3 Å². The first-order valence-corrected chi connectivity index (χ1v) is 6.56. The van der Waals surface area contributed by atoms with Crippen LogP contribution in [0.2, 0.25) is 0 Å². The third kappa shape index (κ3) is 3.78. The minimum Gasteiger partial charge on any atom is -0.478 e. The lowest BCUT2D eigenvalue weighted by Gasteiger charge is -2.08. The van der Waals surface area contributed by atoms with Gasteiger partial charge in [-0.2, -0.15) is 13.2 Å². The van der Waals surface area contributed by atoms with Crippen molar-refractivity contribution in [1.29, 1.82) is 0 Å². The number of carboxylic acids is 1. The molecule has 0 atom stereocenters. The summed E-state index contributed by atoms with van der Waals surface area (Å²) in [6.45, 7) is 0. The van der Waals surface area contributed by atoms with Gasteiger partial charge in [0.25, 0.3) is 5.69 Å². The van der Waals surface area contributed by atoms with Gasteiger partial charge in [0.05, 0.1) is 21.6 Å². The lowest BCUT2D eigenvalue weighted by atomic mass is 10.0. The molecule has 1 N–H and O–H groups in total. The van der Waals surface area contributed by atoms with Gasteiger partial charge >= 0.3 is 12.1 Å². The Morgan fingerprint density at radius 1 is 1.08 bits per heavy atom. The molecular weight excluding hydrogens is 327 g/mol. The molecule has 5 nitrogen and oxygen atoms in total. The number of hydrogen-bond acceptors (Lipinski definition) is 3. The van der Waals surface area contributed by atoms with Gasteiger partial charge in [-0.25, -0.2) is 4.79 Å². The summed E-state index contributed by atoms with van der Waals surface area (Å²) in [7, 11) is 0. The van der Waals surface area contributed by atoms with E-state index in [9.17, 15) is 33.2 Å². The van der Waals surface area contributed by atoms with E-state index in [1.54, 1.807) is 0 Å². The van der Waals surface area contributed by atoms with Crippen molar-refractivity contribution in [2.24, 2.45) is 0 Å². The zero-order valence-electron chi connectivity index (χ0n) is 11.9. The lowest BCUT2D eigenvalue weighted by Crippen LogP contribution is -2.05. The number of nitro benzene ring substituents is 1. The number of alkyl halides is 3. The fourth-order valence-electron chi connectivity index (χ4n) is 2.04. The summed E-state index contributed by atoms with van der Waals surface area (Å²) in [5, 5.41) is 20.3. The maximum absolute atomic E-state index is 12.6. The molecule has 0 aliphatic heterocycles. The number of carbonyl (C=O) groups is 1. The molecule has 0 aliphatic carbocycles. The molecule has 0 aromatic heterocycles. The Morgan fingerprint density at radius 2 is 1.67 bits per heavy atom. The van der Waals surface area contributed by atoms with E-state index in [4.69, 9.17) is 0 Å². The van der Waals surface area contributed by atoms with E-state index in [-0.39, 0.29) is 22.4 Å². The number of nitro groups is 1. The summed E-state index contributed by atoms with van der Waals surface area (Å²) < 4.78 is 37.7. The summed E-state index contributed by atoms with van der Waals surface area (Å²) in [6, 6.07) is 9.01. The van der Waals surface area contributed by atoms with Crippen molar-refractivity contribution < 1.29 is 28.0 Å². The van der Waals surface area contributed by atoms with Crippen molar-refractivity contribution in [1.82, 2.24) is 0 Å². The van der Waals surface area contributed by atoms with Crippen LogP contribution in [-0.4, -0.2) is 16.0 Å². The zero-order valence-corrected chi connectivity index (χ0v) is 11.9. The highest BCUT2D eigenvalue weighted by atomic mass is 19.4. The van der Waals surface area contributed by atoms with Gasteiger partial charge in [0, 0.05) is 6.07 Å². The Kier molecular flexibility index (Phi) is 4.68. The monoisotopic (exact) mass is 337 g/mol. The van der Waals surface area contributed by atoms with Crippen LogP contribution in [0.15, 0.2) is 48.5 Å². The first-order chi connectivity index (χ1) is 11.2. The summed E-state index contributed by atoms with van der Waals surface area (Å²) in [5.41, 5.74) is -1.52. The largest absolute Gasteiger partial charge is 0.478 e. The highest BCUT2D eigenvalue weighted by Gasteiger charge is 2.30. The van der Waals surface area contributed by atoms with Gasteiger partial charge in [-0.1, -0.05) is 24.3 Å². The molecule has 2 aromatic carbocycles. The van der Waals surface area contributed by atoms with E-state index in [0.29, 0.717) is 0 Å². The predicted octanol–water partition coefficient (Wildman–Crippen LogP) is 4.24. The summed E-state index contributed by atoms with van der Waals surface area (Å²) in [4.78, 5) is 21.7. The molecule has 0 spiro atoms. The van der Waals surface area contributed by atoms with Crippen LogP contribution in [0.3, 0.4) is 0 Å². The molecule has 8 heteroatoms. The highest BCUT2D eigenvalue weighted by molar-refractivity contribution is 6.20. The first kappa shape index (κ1) is 17.2. The third-order valence-electron chi connectivity index (χ3n) is 3.19. The molecular formula is C16H10F3NO4. The Hall–Kier alpha value is -3.16. The van der Waals surface area contributed by atoms with E-state index in [1.807, 2.05) is 0 Å². The molecule has 0 bridgehead atoms. The molecule has 2 rings (SSSR count). The SMILES string of the molecule is O=C(O)C(=Cc1ccccc1[N+](=O)[O-])c1ccc(C(F)(F)F)cc1. The molecule has 124 valence electrons. The van der Waals surface area contributed by atoms with Crippen LogP contribution in [0, 0.1) is 10.1 Å². The van der Waals surface area contributed by atoms with Crippen LogP contribution in [0.4, 0.5) is 18.9 Å². The Balaban J connectivity index is 2.51. The summed E-state index contributed by atoms with van der Waals surface area (Å²) >= 11 is 0. The summed E-state index contributed by atoms with van der Waals surface area (Å²) in [5.74, 6) is -1.41. The van der Waals surface area contributed by atoms with Crippen LogP contribution in [0.1, 0.15) is 16.7 Å². The quantitative estimate of drug-likeness (QED) is 0.392. The number of para-hydroxylation sites is 1. The standard InChI is InChI=1S/C16H10F3NO4/c17-16(18,19)12-7-5-10(6-8-12)13(15(21)22)9-11-3-1-2-4-14(11)20(23)24/h1-9H,(H,21,22). The maximum atomic E-state index is 12.6. The second-order valence-electron chi connectivity index (χ2n) is 4.75. The molecule has 0 saturated heterocycles. The average Bonchev–Trinajstić information content (AvgIpc) is 2.52. The van der Waals surface area contributed by atoms with Crippen LogP contribution >= 0.6 is 0 Å². The molecule has 0 saturated carbocycles. The molecule has 24 heavy (non-hydrogen) atoms. The smallest absolute Gasteiger partial charge is 0.416 e. The van der Waals surface area contributed by atoms with E-state index in [0.717, 1.165) is 30.3 Å². The van der Waals surface area contributed by atoms with Gasteiger partial charge in [0.1, 0.15) is 0 Å². The van der Waals surface area contributed by atoms with Crippen molar-refractivity contribution in [3.63, 3.8) is 0 Å². The van der Waals surface area contributed by atoms with Crippen molar-refractivity contribution in [3.8, 4) is 0 Å². The van der Waals surface area contributed by atoms with E-state index < -0.39 is 22.6 Å². The average molecular weight is 337 g/mol. The lowest BCUT2D eigenvalue weighted by molar-refractivity contribution is -0.385. The Bertz CT molecular complexity index is 811. The van der Waals surface area contributed by atoms with E-state index in [1.165, 1.54) is 24.3 Å². The minimum atomic E-state index is -4.54. The van der Waals surface area contributed by atoms with Crippen molar-refractivity contribution in [3.05, 3.63) is 75.3 Å². The number of rotatable bonds is 4. The number of hydrogen-bond donors (Lipinski definition) is 1. The van der Waals surface area contributed by atoms with Gasteiger partial charge in [0.2, 0.25) is 0 Å². The van der Waals surface area contributed by atoms with E-state index in [2.05, 4.69) is 0 Å². The Labute approximate surface area is 133 Å². The van der Waals surface area contributed by atoms with Gasteiger partial charge in [0.15, 0.2) is 0 Å². The van der Waals surface area contributed by atoms with Gasteiger partial charge < -0.3 is 5.11 Å². The fraction of sp³-hybridized carbons (Fsp3) is 0.0625. The molecule has 0 heterocycles. The van der Waals surface area contributed by atoms with Gasteiger partial charge in [-0.15, -0.1) is 0 Å². The molecule has 0 amide bonds. The summed E-state index contributed by atoms with van der Waals surface area (Å²) in [6.07, 6.45) is -3.48. The zero-order chi connectivity index (χ0) is 17.9. The van der Waals surface area contributed by atoms with Crippen LogP contribution in [0.25, 0.3) is 11.6 Å². The minimum absolute atomic E-state index is 0.00801. The highest BCUT2D eigenvalue weighted by Crippen LogP contribution is 2.31. The van der Waals surface area contributed by atoms with Crippen LogP contribution in [0.5, 0.6) is 0 Å². The van der Waals surface area contributed by atoms with Crippen LogP contribution in [-0.2, 0) is 11.0 Å². The normalized spacial score (nSPS) is 12.0. The van der Waals surface area contributed by atoms with Crippen LogP contribution < -0.4 is 0 Å². The first-order valence-electron chi connectivity index (χ1n) is 6.56. The van der Waals surface area contributed by atoms with Crippen molar-refractivity contribution in [2.75, 3.05) is 0 Å². The Morgan fingerprint density at radius 3 is 2.17 bits per heavy atom.